The Morgan fingerprint density at radius 1 is 1.43 bits per heavy atom. The zero-order chi connectivity index (χ0) is 10.7. The third-order valence-electron chi connectivity index (χ3n) is 1.65. The molecule has 0 aliphatic carbocycles. The molecule has 5 heteroatoms. The number of nitriles is 1. The first-order valence-electron chi connectivity index (χ1n) is 3.63. The highest BCUT2D eigenvalue weighted by Crippen LogP contribution is 2.10. The molecule has 14 heavy (non-hydrogen) atoms. The molecule has 1 rings (SSSR count). The Balaban J connectivity index is 3.34. The molecule has 0 aliphatic rings. The molecule has 0 radical (unpaired) electrons. The van der Waals surface area contributed by atoms with E-state index in [1.165, 1.54) is 12.1 Å². The van der Waals surface area contributed by atoms with Crippen molar-refractivity contribution in [2.75, 3.05) is 0 Å². The van der Waals surface area contributed by atoms with Crippen LogP contribution >= 0.6 is 0 Å². The molecular formula is C9H6N2O3. The fourth-order valence-corrected chi connectivity index (χ4v) is 0.977. The molecule has 0 aliphatic heterocycles. The van der Waals surface area contributed by atoms with Crippen molar-refractivity contribution in [3.63, 3.8) is 0 Å². The molecule has 5 nitrogen and oxygen atoms in total. The highest BCUT2D eigenvalue weighted by molar-refractivity contribution is 5.96. The van der Waals surface area contributed by atoms with Crippen molar-refractivity contribution in [3.8, 4) is 6.07 Å². The van der Waals surface area contributed by atoms with Crippen LogP contribution in [0.2, 0.25) is 0 Å². The maximum atomic E-state index is 10.7. The molecule has 1 aromatic carbocycles. The summed E-state index contributed by atoms with van der Waals surface area (Å²) in [5.74, 6) is -1.91. The molecule has 1 aromatic rings. The van der Waals surface area contributed by atoms with Crippen molar-refractivity contribution in [1.29, 1.82) is 5.26 Å². The summed E-state index contributed by atoms with van der Waals surface area (Å²) in [5.41, 5.74) is 4.87. The number of nitrogens with two attached hydrogens (primary N) is 1. The van der Waals surface area contributed by atoms with Crippen LogP contribution in [0.25, 0.3) is 0 Å². The van der Waals surface area contributed by atoms with Crippen LogP contribution < -0.4 is 5.73 Å². The number of carboxylic acids is 1. The van der Waals surface area contributed by atoms with Gasteiger partial charge in [0.15, 0.2) is 0 Å². The Hall–Kier alpha value is -2.35. The predicted octanol–water partition coefficient (Wildman–Crippen LogP) is 0.355. The number of carboxylic acid groups (broad SMARTS) is 1. The average Bonchev–Trinajstić information content (AvgIpc) is 2.16. The number of nitrogens with zero attached hydrogens (tertiary/aromatic N) is 1. The molecule has 0 fully saturated rings. The van der Waals surface area contributed by atoms with Gasteiger partial charge in [-0.3, -0.25) is 4.79 Å². The van der Waals surface area contributed by atoms with Gasteiger partial charge in [0, 0.05) is 5.56 Å². The fraction of sp³-hybridized carbons (Fsp3) is 0. The first-order chi connectivity index (χ1) is 6.56. The number of aromatic carboxylic acids is 1. The van der Waals surface area contributed by atoms with Crippen LogP contribution in [0.5, 0.6) is 0 Å². The zero-order valence-electron chi connectivity index (χ0n) is 7.02. The molecule has 3 N–H and O–H groups in total. The third-order valence-corrected chi connectivity index (χ3v) is 1.65. The van der Waals surface area contributed by atoms with Crippen LogP contribution in [0, 0.1) is 11.3 Å². The van der Waals surface area contributed by atoms with Gasteiger partial charge >= 0.3 is 5.97 Å². The van der Waals surface area contributed by atoms with Gasteiger partial charge in [0.05, 0.1) is 11.1 Å². The summed E-state index contributed by atoms with van der Waals surface area (Å²) in [6, 6.07) is 5.29. The van der Waals surface area contributed by atoms with E-state index in [1.807, 2.05) is 0 Å². The fourth-order valence-electron chi connectivity index (χ4n) is 0.977. The molecule has 0 aromatic heterocycles. The molecule has 0 spiro atoms. The second-order valence-corrected chi connectivity index (χ2v) is 2.54. The van der Waals surface area contributed by atoms with Gasteiger partial charge in [-0.15, -0.1) is 0 Å². The molecule has 1 amide bonds. The minimum atomic E-state index is -1.21. The third kappa shape index (κ3) is 1.69. The van der Waals surface area contributed by atoms with Gasteiger partial charge < -0.3 is 10.8 Å². The second kappa shape index (κ2) is 3.58. The number of benzene rings is 1. The number of carbonyl (C=O) groups excluding carboxylic acids is 1. The monoisotopic (exact) mass is 190 g/mol. The molecule has 0 saturated heterocycles. The Morgan fingerprint density at radius 2 is 2.07 bits per heavy atom. The van der Waals surface area contributed by atoms with Gasteiger partial charge in [-0.25, -0.2) is 4.79 Å². The molecule has 0 unspecified atom stereocenters. The van der Waals surface area contributed by atoms with Crippen LogP contribution in [0.15, 0.2) is 18.2 Å². The van der Waals surface area contributed by atoms with E-state index in [1.54, 1.807) is 6.07 Å². The number of carbonyl (C=O) groups is 2. The summed E-state index contributed by atoms with van der Waals surface area (Å²) in [7, 11) is 0. The maximum absolute atomic E-state index is 10.7. The highest BCUT2D eigenvalue weighted by atomic mass is 16.4. The van der Waals surface area contributed by atoms with Gasteiger partial charge in [0.2, 0.25) is 5.91 Å². The summed E-state index contributed by atoms with van der Waals surface area (Å²) < 4.78 is 0. The Labute approximate surface area is 79.4 Å². The van der Waals surface area contributed by atoms with Crippen molar-refractivity contribution >= 4 is 11.9 Å². The SMILES string of the molecule is N#Cc1cc(C(N)=O)ccc1C(=O)O. The lowest BCUT2D eigenvalue weighted by Crippen LogP contribution is -2.12. The van der Waals surface area contributed by atoms with Crippen molar-refractivity contribution in [2.45, 2.75) is 0 Å². The summed E-state index contributed by atoms with van der Waals surface area (Å²) >= 11 is 0. The lowest BCUT2D eigenvalue weighted by atomic mass is 10.0. The van der Waals surface area contributed by atoms with E-state index in [0.29, 0.717) is 0 Å². The van der Waals surface area contributed by atoms with E-state index < -0.39 is 11.9 Å². The maximum Gasteiger partial charge on any atom is 0.337 e. The second-order valence-electron chi connectivity index (χ2n) is 2.54. The van der Waals surface area contributed by atoms with Gasteiger partial charge in [-0.1, -0.05) is 0 Å². The topological polar surface area (TPSA) is 104 Å². The minimum absolute atomic E-state index is 0.0752. The van der Waals surface area contributed by atoms with Crippen LogP contribution in [-0.4, -0.2) is 17.0 Å². The number of amides is 1. The number of hydrogen-bond donors (Lipinski definition) is 2. The summed E-state index contributed by atoms with van der Waals surface area (Å²) in [6.45, 7) is 0. The molecule has 0 saturated carbocycles. The number of rotatable bonds is 2. The number of hydrogen-bond acceptors (Lipinski definition) is 3. The Morgan fingerprint density at radius 3 is 2.50 bits per heavy atom. The van der Waals surface area contributed by atoms with E-state index >= 15 is 0 Å². The first kappa shape index (κ1) is 9.74. The lowest BCUT2D eigenvalue weighted by molar-refractivity contribution is 0.0696. The van der Waals surface area contributed by atoms with Gasteiger partial charge in [-0.2, -0.15) is 5.26 Å². The standard InChI is InChI=1S/C9H6N2O3/c10-4-6-3-5(8(11)12)1-2-7(6)9(13)14/h1-3H,(H2,11,12)(H,13,14). The zero-order valence-corrected chi connectivity index (χ0v) is 7.02. The summed E-state index contributed by atoms with van der Waals surface area (Å²) in [4.78, 5) is 21.3. The van der Waals surface area contributed by atoms with Gasteiger partial charge in [-0.05, 0) is 18.2 Å². The quantitative estimate of drug-likeness (QED) is 0.702. The van der Waals surface area contributed by atoms with Crippen molar-refractivity contribution < 1.29 is 14.7 Å². The van der Waals surface area contributed by atoms with Crippen molar-refractivity contribution in [2.24, 2.45) is 5.73 Å². The largest absolute Gasteiger partial charge is 0.478 e. The van der Waals surface area contributed by atoms with E-state index in [-0.39, 0.29) is 16.7 Å². The predicted molar refractivity (Wildman–Crippen MR) is 46.6 cm³/mol. The smallest absolute Gasteiger partial charge is 0.337 e. The van der Waals surface area contributed by atoms with E-state index in [4.69, 9.17) is 16.1 Å². The lowest BCUT2D eigenvalue weighted by Gasteiger charge is -1.99. The van der Waals surface area contributed by atoms with Crippen LogP contribution in [0.3, 0.4) is 0 Å². The average molecular weight is 190 g/mol. The van der Waals surface area contributed by atoms with Gasteiger partial charge in [0.1, 0.15) is 6.07 Å². The normalized spacial score (nSPS) is 9.07. The van der Waals surface area contributed by atoms with Crippen LogP contribution in [0.4, 0.5) is 0 Å². The molecular weight excluding hydrogens is 184 g/mol. The van der Waals surface area contributed by atoms with Crippen molar-refractivity contribution in [1.82, 2.24) is 0 Å². The summed E-state index contributed by atoms with van der Waals surface area (Å²) in [6.07, 6.45) is 0. The van der Waals surface area contributed by atoms with E-state index in [9.17, 15) is 9.59 Å². The first-order valence-corrected chi connectivity index (χ1v) is 3.63. The molecule has 0 heterocycles. The van der Waals surface area contributed by atoms with Crippen molar-refractivity contribution in [3.05, 3.63) is 34.9 Å². The van der Waals surface area contributed by atoms with E-state index in [2.05, 4.69) is 0 Å². The van der Waals surface area contributed by atoms with Crippen LogP contribution in [0.1, 0.15) is 26.3 Å². The number of primary amides is 1. The summed E-state index contributed by atoms with van der Waals surface area (Å²) in [5, 5.41) is 17.3. The minimum Gasteiger partial charge on any atom is -0.478 e. The molecule has 70 valence electrons. The highest BCUT2D eigenvalue weighted by Gasteiger charge is 2.11. The van der Waals surface area contributed by atoms with Gasteiger partial charge in [0.25, 0.3) is 0 Å². The molecule has 0 atom stereocenters. The molecule has 0 bridgehead atoms. The Kier molecular flexibility index (Phi) is 2.49. The van der Waals surface area contributed by atoms with E-state index in [0.717, 1.165) is 6.07 Å². The van der Waals surface area contributed by atoms with Crippen LogP contribution in [-0.2, 0) is 0 Å². The Bertz CT molecular complexity index is 446.